The Balaban J connectivity index is 1.65. The molecule has 0 bridgehead atoms. The van der Waals surface area contributed by atoms with Crippen LogP contribution in [0.2, 0.25) is 0 Å². The lowest BCUT2D eigenvalue weighted by Gasteiger charge is -2.33. The Labute approximate surface area is 193 Å². The van der Waals surface area contributed by atoms with Crippen LogP contribution >= 0.6 is 0 Å². The van der Waals surface area contributed by atoms with Crippen LogP contribution in [-0.2, 0) is 16.1 Å². The fourth-order valence-electron chi connectivity index (χ4n) is 3.90. The van der Waals surface area contributed by atoms with E-state index in [9.17, 15) is 14.4 Å². The molecule has 33 heavy (non-hydrogen) atoms. The van der Waals surface area contributed by atoms with Crippen molar-refractivity contribution in [1.82, 2.24) is 25.2 Å². The van der Waals surface area contributed by atoms with Gasteiger partial charge in [-0.1, -0.05) is 19.9 Å². The largest absolute Gasteiger partial charge is 0.464 e. The fourth-order valence-corrected chi connectivity index (χ4v) is 3.90. The molecule has 2 aromatic rings. The molecule has 1 fully saturated rings. The topological polar surface area (TPSA) is 118 Å². The summed E-state index contributed by atoms with van der Waals surface area (Å²) in [6.45, 7) is 10.9. The van der Waals surface area contributed by atoms with E-state index in [1.807, 2.05) is 24.8 Å². The van der Waals surface area contributed by atoms with Gasteiger partial charge in [0.05, 0.1) is 6.61 Å². The molecule has 1 atom stereocenters. The number of carbonyl (C=O) groups is 2. The minimum atomic E-state index is -0.705. The van der Waals surface area contributed by atoms with Crippen molar-refractivity contribution in [3.05, 3.63) is 41.3 Å². The summed E-state index contributed by atoms with van der Waals surface area (Å²) in [4.78, 5) is 48.5. The van der Waals surface area contributed by atoms with Gasteiger partial charge in [0.15, 0.2) is 11.5 Å². The Morgan fingerprint density at radius 3 is 2.70 bits per heavy atom. The molecule has 10 heteroatoms. The zero-order valence-electron chi connectivity index (χ0n) is 19.4. The number of ether oxygens (including phenoxy) is 1. The maximum absolute atomic E-state index is 13.1. The number of nitrogens with one attached hydrogen (secondary N) is 2. The van der Waals surface area contributed by atoms with Crippen molar-refractivity contribution in [1.29, 1.82) is 0 Å². The SMILES string of the molecule is C=CCn1c(=O)c(N2CCC(NC(=O)N[C@H](C(=O)OCC)C(C)C)CC2)nc2cccnc21. The molecule has 0 spiro atoms. The van der Waals surface area contributed by atoms with Crippen LogP contribution in [0.5, 0.6) is 0 Å². The van der Waals surface area contributed by atoms with Gasteiger partial charge in [-0.25, -0.2) is 19.6 Å². The Hall–Kier alpha value is -3.43. The predicted octanol–water partition coefficient (Wildman–Crippen LogP) is 1.83. The van der Waals surface area contributed by atoms with Crippen LogP contribution in [0.15, 0.2) is 35.8 Å². The average molecular weight is 457 g/mol. The number of urea groups is 1. The molecular formula is C23H32N6O4. The quantitative estimate of drug-likeness (QED) is 0.459. The van der Waals surface area contributed by atoms with Gasteiger partial charge in [0.1, 0.15) is 11.6 Å². The minimum absolute atomic E-state index is 0.0752. The number of nitrogens with zero attached hydrogens (tertiary/aromatic N) is 4. The van der Waals surface area contributed by atoms with E-state index in [1.165, 1.54) is 0 Å². The summed E-state index contributed by atoms with van der Waals surface area (Å²) in [6, 6.07) is 2.44. The summed E-state index contributed by atoms with van der Waals surface area (Å²) in [5.74, 6) is -0.157. The normalized spacial score (nSPS) is 15.3. The standard InChI is InChI=1S/C23H32N6O4/c1-5-12-29-19-17(8-7-11-24-19)26-20(21(29)30)28-13-9-16(10-14-28)25-23(32)27-18(15(3)4)22(31)33-6-2/h5,7-8,11,15-16,18H,1,6,9-10,12-14H2,2-4H3,(H2,25,27,32)/t18-/m0/s1. The third-order valence-corrected chi connectivity index (χ3v) is 5.62. The zero-order chi connectivity index (χ0) is 24.0. The molecular weight excluding hydrogens is 424 g/mol. The first kappa shape index (κ1) is 24.2. The number of anilines is 1. The second-order valence-corrected chi connectivity index (χ2v) is 8.34. The number of allylic oxidation sites excluding steroid dienone is 1. The second-order valence-electron chi connectivity index (χ2n) is 8.34. The summed E-state index contributed by atoms with van der Waals surface area (Å²) in [5, 5.41) is 5.66. The summed E-state index contributed by atoms with van der Waals surface area (Å²) < 4.78 is 6.62. The lowest BCUT2D eigenvalue weighted by Crippen LogP contribution is -2.53. The third-order valence-electron chi connectivity index (χ3n) is 5.62. The highest BCUT2D eigenvalue weighted by atomic mass is 16.5. The molecule has 1 saturated heterocycles. The second kappa shape index (κ2) is 10.9. The molecule has 1 aliphatic rings. The van der Waals surface area contributed by atoms with Crippen molar-refractivity contribution in [2.45, 2.75) is 52.2 Å². The number of aromatic nitrogens is 3. The Bertz CT molecular complexity index is 1060. The highest BCUT2D eigenvalue weighted by Gasteiger charge is 2.28. The van der Waals surface area contributed by atoms with Gasteiger partial charge in [-0.05, 0) is 37.8 Å². The zero-order valence-corrected chi connectivity index (χ0v) is 19.4. The minimum Gasteiger partial charge on any atom is -0.464 e. The van der Waals surface area contributed by atoms with Crippen LogP contribution in [0.3, 0.4) is 0 Å². The van der Waals surface area contributed by atoms with Crippen molar-refractivity contribution in [3.63, 3.8) is 0 Å². The molecule has 3 heterocycles. The van der Waals surface area contributed by atoms with Gasteiger partial charge < -0.3 is 20.3 Å². The molecule has 0 radical (unpaired) electrons. The molecule has 2 N–H and O–H groups in total. The van der Waals surface area contributed by atoms with Gasteiger partial charge in [0.2, 0.25) is 0 Å². The third kappa shape index (κ3) is 5.68. The molecule has 178 valence electrons. The number of hydrogen-bond acceptors (Lipinski definition) is 7. The van der Waals surface area contributed by atoms with Crippen molar-refractivity contribution in [2.75, 3.05) is 24.6 Å². The van der Waals surface area contributed by atoms with E-state index < -0.39 is 18.0 Å². The first-order valence-corrected chi connectivity index (χ1v) is 11.3. The van der Waals surface area contributed by atoms with Crippen LogP contribution in [0.25, 0.3) is 11.2 Å². The van der Waals surface area contributed by atoms with Crippen LogP contribution in [-0.4, -0.2) is 58.3 Å². The lowest BCUT2D eigenvalue weighted by atomic mass is 10.0. The van der Waals surface area contributed by atoms with Gasteiger partial charge >= 0.3 is 12.0 Å². The summed E-state index contributed by atoms with van der Waals surface area (Å²) in [6.07, 6.45) is 4.59. The van der Waals surface area contributed by atoms with E-state index in [-0.39, 0.29) is 24.1 Å². The number of carbonyl (C=O) groups excluding carboxylic acids is 2. The Morgan fingerprint density at radius 2 is 2.06 bits per heavy atom. The molecule has 0 unspecified atom stereocenters. The van der Waals surface area contributed by atoms with Gasteiger partial charge in [0.25, 0.3) is 5.56 Å². The monoisotopic (exact) mass is 456 g/mol. The number of hydrogen-bond donors (Lipinski definition) is 2. The molecule has 3 rings (SSSR count). The van der Waals surface area contributed by atoms with Crippen molar-refractivity contribution >= 4 is 29.0 Å². The van der Waals surface area contributed by atoms with E-state index in [1.54, 1.807) is 29.8 Å². The van der Waals surface area contributed by atoms with E-state index in [0.29, 0.717) is 49.5 Å². The van der Waals surface area contributed by atoms with E-state index in [0.717, 1.165) is 0 Å². The van der Waals surface area contributed by atoms with Gasteiger partial charge in [-0.2, -0.15) is 0 Å². The van der Waals surface area contributed by atoms with Crippen molar-refractivity contribution in [2.24, 2.45) is 5.92 Å². The van der Waals surface area contributed by atoms with E-state index in [2.05, 4.69) is 27.2 Å². The van der Waals surface area contributed by atoms with E-state index >= 15 is 0 Å². The van der Waals surface area contributed by atoms with Gasteiger partial charge in [-0.3, -0.25) is 9.36 Å². The molecule has 0 aliphatic carbocycles. The van der Waals surface area contributed by atoms with E-state index in [4.69, 9.17) is 4.74 Å². The average Bonchev–Trinajstić information content (AvgIpc) is 2.79. The summed E-state index contributed by atoms with van der Waals surface area (Å²) >= 11 is 0. The first-order valence-electron chi connectivity index (χ1n) is 11.3. The number of fused-ring (bicyclic) bond motifs is 1. The number of pyridine rings is 1. The molecule has 10 nitrogen and oxygen atoms in total. The van der Waals surface area contributed by atoms with Crippen molar-refractivity contribution < 1.29 is 14.3 Å². The molecule has 1 aliphatic heterocycles. The Kier molecular flexibility index (Phi) is 8.02. The summed E-state index contributed by atoms with van der Waals surface area (Å²) in [7, 11) is 0. The predicted molar refractivity (Wildman–Crippen MR) is 126 cm³/mol. The fraction of sp³-hybridized carbons (Fsp3) is 0.522. The smallest absolute Gasteiger partial charge is 0.328 e. The van der Waals surface area contributed by atoms with Crippen LogP contribution < -0.4 is 21.1 Å². The number of rotatable bonds is 8. The molecule has 2 amide bonds. The highest BCUT2D eigenvalue weighted by Crippen LogP contribution is 2.18. The van der Waals surface area contributed by atoms with Crippen LogP contribution in [0.1, 0.15) is 33.6 Å². The number of piperidine rings is 1. The van der Waals surface area contributed by atoms with Gasteiger partial charge in [0, 0.05) is 31.9 Å². The van der Waals surface area contributed by atoms with Crippen LogP contribution in [0, 0.1) is 5.92 Å². The maximum Gasteiger partial charge on any atom is 0.328 e. The van der Waals surface area contributed by atoms with Crippen molar-refractivity contribution in [3.8, 4) is 0 Å². The highest BCUT2D eigenvalue weighted by molar-refractivity contribution is 5.84. The molecule has 0 aromatic carbocycles. The summed E-state index contributed by atoms with van der Waals surface area (Å²) in [5.41, 5.74) is 0.965. The number of esters is 1. The first-order chi connectivity index (χ1) is 15.8. The molecule has 2 aromatic heterocycles. The Morgan fingerprint density at radius 1 is 1.33 bits per heavy atom. The van der Waals surface area contributed by atoms with Gasteiger partial charge in [-0.15, -0.1) is 6.58 Å². The molecule has 0 saturated carbocycles. The lowest BCUT2D eigenvalue weighted by molar-refractivity contribution is -0.146. The van der Waals surface area contributed by atoms with Crippen LogP contribution in [0.4, 0.5) is 10.6 Å². The number of amides is 2. The maximum atomic E-state index is 13.1.